The van der Waals surface area contributed by atoms with Gasteiger partial charge in [0.05, 0.1) is 5.56 Å². The van der Waals surface area contributed by atoms with E-state index in [0.717, 1.165) is 10.4 Å². The normalized spacial score (nSPS) is 10.2. The molecule has 24 heavy (non-hydrogen) atoms. The number of carboxylic acids is 1. The van der Waals surface area contributed by atoms with Crippen LogP contribution in [0.25, 0.3) is 10.4 Å². The van der Waals surface area contributed by atoms with Gasteiger partial charge in [0, 0.05) is 24.8 Å². The van der Waals surface area contributed by atoms with Gasteiger partial charge in [0.25, 0.3) is 5.91 Å². The van der Waals surface area contributed by atoms with Gasteiger partial charge in [-0.25, -0.2) is 0 Å². The predicted octanol–water partition coefficient (Wildman–Crippen LogP) is 2.97. The Morgan fingerprint density at radius 1 is 1.17 bits per heavy atom. The second-order valence-electron chi connectivity index (χ2n) is 5.15. The average molecular weight is 346 g/mol. The largest absolute Gasteiger partial charge is 0.481 e. The molecule has 0 aliphatic heterocycles. The Morgan fingerprint density at radius 3 is 2.50 bits per heavy atom. The fourth-order valence-electron chi connectivity index (χ4n) is 2.09. The van der Waals surface area contributed by atoms with Crippen molar-refractivity contribution in [2.24, 2.45) is 0 Å². The number of benzene rings is 1. The smallest absolute Gasteiger partial charge is 0.303 e. The SMILES string of the molecule is CC(=O)Nc1sc(-c2ccccc2)cc1C(=O)NCCCC(=O)O. The molecule has 0 atom stereocenters. The molecule has 0 saturated heterocycles. The minimum Gasteiger partial charge on any atom is -0.481 e. The Bertz CT molecular complexity index is 740. The number of aliphatic carboxylic acids is 1. The summed E-state index contributed by atoms with van der Waals surface area (Å²) in [6.07, 6.45) is 0.351. The molecule has 3 N–H and O–H groups in total. The number of nitrogens with one attached hydrogen (secondary N) is 2. The number of carbonyl (C=O) groups excluding carboxylic acids is 2. The van der Waals surface area contributed by atoms with Crippen molar-refractivity contribution in [3.63, 3.8) is 0 Å². The lowest BCUT2D eigenvalue weighted by molar-refractivity contribution is -0.137. The van der Waals surface area contributed by atoms with Crippen molar-refractivity contribution in [1.82, 2.24) is 5.32 Å². The lowest BCUT2D eigenvalue weighted by atomic mass is 10.1. The molecule has 0 unspecified atom stereocenters. The van der Waals surface area contributed by atoms with Gasteiger partial charge in [0.2, 0.25) is 5.91 Å². The van der Waals surface area contributed by atoms with E-state index < -0.39 is 5.97 Å². The summed E-state index contributed by atoms with van der Waals surface area (Å²) < 4.78 is 0. The van der Waals surface area contributed by atoms with Gasteiger partial charge in [-0.2, -0.15) is 0 Å². The first-order valence-corrected chi connectivity index (χ1v) is 8.26. The van der Waals surface area contributed by atoms with Crippen LogP contribution in [0.2, 0.25) is 0 Å². The highest BCUT2D eigenvalue weighted by Crippen LogP contribution is 2.35. The molecule has 0 bridgehead atoms. The Morgan fingerprint density at radius 2 is 1.88 bits per heavy atom. The number of rotatable bonds is 7. The van der Waals surface area contributed by atoms with Crippen LogP contribution in [-0.2, 0) is 9.59 Å². The van der Waals surface area contributed by atoms with Crippen molar-refractivity contribution in [1.29, 1.82) is 0 Å². The highest BCUT2D eigenvalue weighted by molar-refractivity contribution is 7.20. The number of anilines is 1. The van der Waals surface area contributed by atoms with Gasteiger partial charge < -0.3 is 15.7 Å². The van der Waals surface area contributed by atoms with Crippen LogP contribution in [0.4, 0.5) is 5.00 Å². The fourth-order valence-corrected chi connectivity index (χ4v) is 3.20. The number of amides is 2. The maximum Gasteiger partial charge on any atom is 0.303 e. The van der Waals surface area contributed by atoms with Crippen LogP contribution in [0, 0.1) is 0 Å². The zero-order valence-electron chi connectivity index (χ0n) is 13.2. The fraction of sp³-hybridized carbons (Fsp3) is 0.235. The summed E-state index contributed by atoms with van der Waals surface area (Å²) in [4.78, 5) is 35.1. The van der Waals surface area contributed by atoms with Crippen LogP contribution in [0.3, 0.4) is 0 Å². The van der Waals surface area contributed by atoms with Gasteiger partial charge >= 0.3 is 5.97 Å². The molecule has 0 fully saturated rings. The maximum absolute atomic E-state index is 12.3. The Balaban J connectivity index is 2.17. The topological polar surface area (TPSA) is 95.5 Å². The van der Waals surface area contributed by atoms with Crippen LogP contribution in [0.1, 0.15) is 30.1 Å². The molecule has 2 rings (SSSR count). The molecule has 0 radical (unpaired) electrons. The predicted molar refractivity (Wildman–Crippen MR) is 93.3 cm³/mol. The monoisotopic (exact) mass is 346 g/mol. The summed E-state index contributed by atoms with van der Waals surface area (Å²) in [6.45, 7) is 1.65. The van der Waals surface area contributed by atoms with Crippen LogP contribution in [0.15, 0.2) is 36.4 Å². The second-order valence-corrected chi connectivity index (χ2v) is 6.21. The lowest BCUT2D eigenvalue weighted by Gasteiger charge is -2.05. The molecule has 0 aliphatic carbocycles. The van der Waals surface area contributed by atoms with Crippen LogP contribution < -0.4 is 10.6 Å². The summed E-state index contributed by atoms with van der Waals surface area (Å²) in [6, 6.07) is 11.3. The third kappa shape index (κ3) is 4.92. The first-order chi connectivity index (χ1) is 11.5. The van der Waals surface area contributed by atoms with Crippen LogP contribution in [-0.4, -0.2) is 29.4 Å². The van der Waals surface area contributed by atoms with Crippen LogP contribution in [0.5, 0.6) is 0 Å². The molecule has 1 heterocycles. The van der Waals surface area contributed by atoms with Gasteiger partial charge in [-0.1, -0.05) is 30.3 Å². The van der Waals surface area contributed by atoms with E-state index in [2.05, 4.69) is 10.6 Å². The van der Waals surface area contributed by atoms with E-state index in [9.17, 15) is 14.4 Å². The molecule has 2 amide bonds. The van der Waals surface area contributed by atoms with Crippen molar-refractivity contribution in [2.45, 2.75) is 19.8 Å². The Kier molecular flexibility index (Phi) is 6.08. The maximum atomic E-state index is 12.3. The van der Waals surface area contributed by atoms with Gasteiger partial charge in [-0.05, 0) is 18.1 Å². The van der Waals surface area contributed by atoms with Gasteiger partial charge in [-0.15, -0.1) is 11.3 Å². The number of thiophene rings is 1. The first-order valence-electron chi connectivity index (χ1n) is 7.44. The Labute approximate surface area is 143 Å². The summed E-state index contributed by atoms with van der Waals surface area (Å²) in [5.41, 5.74) is 1.34. The molecule has 0 spiro atoms. The van der Waals surface area contributed by atoms with Crippen molar-refractivity contribution < 1.29 is 19.5 Å². The quantitative estimate of drug-likeness (QED) is 0.672. The van der Waals surface area contributed by atoms with E-state index in [-0.39, 0.29) is 24.8 Å². The van der Waals surface area contributed by atoms with Crippen molar-refractivity contribution in [3.8, 4) is 10.4 Å². The van der Waals surface area contributed by atoms with E-state index in [1.54, 1.807) is 6.07 Å². The number of carbonyl (C=O) groups is 3. The van der Waals surface area contributed by atoms with Crippen molar-refractivity contribution in [3.05, 3.63) is 42.0 Å². The minimum absolute atomic E-state index is 0.00225. The highest BCUT2D eigenvalue weighted by atomic mass is 32.1. The van der Waals surface area contributed by atoms with E-state index in [0.29, 0.717) is 17.0 Å². The van der Waals surface area contributed by atoms with Crippen LogP contribution >= 0.6 is 11.3 Å². The summed E-state index contributed by atoms with van der Waals surface area (Å²) >= 11 is 1.33. The molecule has 7 heteroatoms. The summed E-state index contributed by atoms with van der Waals surface area (Å²) in [5, 5.41) is 14.5. The third-order valence-electron chi connectivity index (χ3n) is 3.18. The Hall–Kier alpha value is -2.67. The van der Waals surface area contributed by atoms with E-state index in [4.69, 9.17) is 5.11 Å². The standard InChI is InChI=1S/C17H18N2O4S/c1-11(20)19-17-13(16(23)18-9-5-8-15(21)22)10-14(24-17)12-6-3-2-4-7-12/h2-4,6-7,10H,5,8-9H2,1H3,(H,18,23)(H,19,20)(H,21,22). The van der Waals surface area contributed by atoms with E-state index in [1.807, 2.05) is 30.3 Å². The van der Waals surface area contributed by atoms with Crippen molar-refractivity contribution in [2.75, 3.05) is 11.9 Å². The minimum atomic E-state index is -0.898. The second kappa shape index (κ2) is 8.26. The zero-order valence-corrected chi connectivity index (χ0v) is 14.0. The summed E-state index contributed by atoms with van der Waals surface area (Å²) in [7, 11) is 0. The number of carboxylic acid groups (broad SMARTS) is 1. The number of hydrogen-bond acceptors (Lipinski definition) is 4. The molecule has 1 aromatic carbocycles. The number of hydrogen-bond donors (Lipinski definition) is 3. The van der Waals surface area contributed by atoms with E-state index in [1.165, 1.54) is 18.3 Å². The van der Waals surface area contributed by atoms with E-state index >= 15 is 0 Å². The lowest BCUT2D eigenvalue weighted by Crippen LogP contribution is -2.25. The molecular weight excluding hydrogens is 328 g/mol. The zero-order chi connectivity index (χ0) is 17.5. The van der Waals surface area contributed by atoms with Gasteiger partial charge in [0.1, 0.15) is 5.00 Å². The first kappa shape index (κ1) is 17.7. The molecule has 0 saturated carbocycles. The van der Waals surface area contributed by atoms with Gasteiger partial charge in [-0.3, -0.25) is 14.4 Å². The van der Waals surface area contributed by atoms with Crippen molar-refractivity contribution >= 4 is 34.1 Å². The molecule has 0 aliphatic rings. The summed E-state index contributed by atoms with van der Waals surface area (Å²) in [5.74, 6) is -1.48. The molecule has 6 nitrogen and oxygen atoms in total. The molecule has 1 aromatic heterocycles. The highest BCUT2D eigenvalue weighted by Gasteiger charge is 2.17. The molecule has 126 valence electrons. The van der Waals surface area contributed by atoms with Gasteiger partial charge in [0.15, 0.2) is 0 Å². The third-order valence-corrected chi connectivity index (χ3v) is 4.28. The average Bonchev–Trinajstić information content (AvgIpc) is 2.95. The molecule has 2 aromatic rings. The molecular formula is C17H18N2O4S.